The van der Waals surface area contributed by atoms with E-state index in [-0.39, 0.29) is 38.0 Å². The van der Waals surface area contributed by atoms with Gasteiger partial charge in [-0.1, -0.05) is 0 Å². The zero-order valence-electron chi connectivity index (χ0n) is 15.1. The molecule has 10 nitrogen and oxygen atoms in total. The normalized spacial score (nSPS) is 15.6. The number of methoxy groups -OCH3 is 1. The van der Waals surface area contributed by atoms with Gasteiger partial charge >= 0.3 is 5.97 Å². The predicted molar refractivity (Wildman–Crippen MR) is 90.2 cm³/mol. The van der Waals surface area contributed by atoms with Crippen LogP contribution >= 0.6 is 0 Å². The summed E-state index contributed by atoms with van der Waals surface area (Å²) in [6.45, 7) is 1.50. The van der Waals surface area contributed by atoms with Crippen molar-refractivity contribution in [3.05, 3.63) is 33.4 Å². The maximum atomic E-state index is 12.2. The van der Waals surface area contributed by atoms with Gasteiger partial charge < -0.3 is 23.8 Å². The van der Waals surface area contributed by atoms with Crippen LogP contribution in [0.1, 0.15) is 35.7 Å². The Bertz CT molecular complexity index is 704. The summed E-state index contributed by atoms with van der Waals surface area (Å²) >= 11 is 0. The zero-order chi connectivity index (χ0) is 19.8. The Hall–Kier alpha value is -2.88. The molecular formula is C17H21NO9. The van der Waals surface area contributed by atoms with Crippen LogP contribution in [0.2, 0.25) is 0 Å². The molecule has 1 aromatic rings. The molecule has 0 fully saturated rings. The van der Waals surface area contributed by atoms with Crippen molar-refractivity contribution >= 4 is 11.8 Å². The molecule has 148 valence electrons. The Kier molecular flexibility index (Phi) is 7.35. The van der Waals surface area contributed by atoms with Gasteiger partial charge in [0.15, 0.2) is 23.9 Å². The number of carbonyl (C=O) groups excluding carboxylic acids is 2. The van der Waals surface area contributed by atoms with Crippen LogP contribution < -0.4 is 9.47 Å². The number of Topliss-reactive ketones (excluding diaryl/α,β-unsaturated/α-hetero) is 1. The lowest BCUT2D eigenvalue weighted by Crippen LogP contribution is -2.28. The van der Waals surface area contributed by atoms with Gasteiger partial charge in [-0.15, -0.1) is 10.1 Å². The van der Waals surface area contributed by atoms with Crippen LogP contribution in [-0.2, 0) is 25.7 Å². The molecule has 0 aromatic heterocycles. The monoisotopic (exact) mass is 383 g/mol. The number of carbonyl (C=O) groups is 2. The zero-order valence-corrected chi connectivity index (χ0v) is 15.1. The molecule has 10 heteroatoms. The molecule has 1 aliphatic heterocycles. The average molecular weight is 383 g/mol. The molecule has 0 N–H and O–H groups in total. The van der Waals surface area contributed by atoms with Crippen molar-refractivity contribution in [3.8, 4) is 11.5 Å². The largest absolute Gasteiger partial charge is 0.493 e. The number of hydrogen-bond donors (Lipinski definition) is 0. The van der Waals surface area contributed by atoms with Gasteiger partial charge in [-0.05, 0) is 31.9 Å². The van der Waals surface area contributed by atoms with Crippen LogP contribution in [0.4, 0.5) is 0 Å². The van der Waals surface area contributed by atoms with E-state index in [1.165, 1.54) is 7.11 Å². The third-order valence-corrected chi connectivity index (χ3v) is 3.89. The fraction of sp³-hybridized carbons (Fsp3) is 0.529. The topological polar surface area (TPSA) is 123 Å². The van der Waals surface area contributed by atoms with Gasteiger partial charge in [0.1, 0.15) is 6.10 Å². The minimum absolute atomic E-state index is 0.0547. The number of unbranched alkanes of at least 4 members (excludes halogenated alkanes) is 1. The molecule has 2 rings (SSSR count). The van der Waals surface area contributed by atoms with Crippen LogP contribution in [0.25, 0.3) is 0 Å². The first-order valence-corrected chi connectivity index (χ1v) is 8.35. The Balaban J connectivity index is 1.89. The van der Waals surface area contributed by atoms with E-state index in [2.05, 4.69) is 4.84 Å². The predicted octanol–water partition coefficient (Wildman–Crippen LogP) is 1.71. The minimum Gasteiger partial charge on any atom is -0.493 e. The van der Waals surface area contributed by atoms with E-state index in [4.69, 9.17) is 18.9 Å². The molecule has 0 spiro atoms. The van der Waals surface area contributed by atoms with Crippen molar-refractivity contribution in [1.82, 2.24) is 0 Å². The lowest BCUT2D eigenvalue weighted by molar-refractivity contribution is -0.757. The molecule has 1 aliphatic rings. The van der Waals surface area contributed by atoms with E-state index in [1.807, 2.05) is 0 Å². The molecule has 1 heterocycles. The molecule has 1 atom stereocenters. The maximum Gasteiger partial charge on any atom is 0.344 e. The second-order valence-electron chi connectivity index (χ2n) is 5.71. The van der Waals surface area contributed by atoms with Gasteiger partial charge in [0.2, 0.25) is 0 Å². The summed E-state index contributed by atoms with van der Waals surface area (Å²) in [6.07, 6.45) is 0.263. The highest BCUT2D eigenvalue weighted by molar-refractivity contribution is 6.02. The van der Waals surface area contributed by atoms with Crippen molar-refractivity contribution in [2.45, 2.75) is 32.5 Å². The highest BCUT2D eigenvalue weighted by atomic mass is 16.9. The molecule has 0 aliphatic carbocycles. The number of rotatable bonds is 10. The van der Waals surface area contributed by atoms with E-state index < -0.39 is 17.2 Å². The van der Waals surface area contributed by atoms with Crippen molar-refractivity contribution in [3.63, 3.8) is 0 Å². The molecule has 1 aromatic carbocycles. The van der Waals surface area contributed by atoms with Gasteiger partial charge in [-0.25, -0.2) is 4.79 Å². The lowest BCUT2D eigenvalue weighted by atomic mass is 9.97. The molecule has 0 amide bonds. The fourth-order valence-electron chi connectivity index (χ4n) is 2.50. The first-order valence-electron chi connectivity index (χ1n) is 8.35. The maximum absolute atomic E-state index is 12.2. The number of ketones is 1. The van der Waals surface area contributed by atoms with Gasteiger partial charge in [0, 0.05) is 11.1 Å². The summed E-state index contributed by atoms with van der Waals surface area (Å²) in [5.74, 6) is -0.124. The molecule has 0 radical (unpaired) electrons. The van der Waals surface area contributed by atoms with Crippen molar-refractivity contribution in [1.29, 1.82) is 0 Å². The minimum atomic E-state index is -0.872. The number of fused-ring (bicyclic) bond motifs is 1. The molecule has 27 heavy (non-hydrogen) atoms. The smallest absolute Gasteiger partial charge is 0.344 e. The Morgan fingerprint density at radius 2 is 2.07 bits per heavy atom. The van der Waals surface area contributed by atoms with E-state index in [1.54, 1.807) is 19.1 Å². The fourth-order valence-corrected chi connectivity index (χ4v) is 2.50. The summed E-state index contributed by atoms with van der Waals surface area (Å²) < 4.78 is 21.2. The van der Waals surface area contributed by atoms with Crippen LogP contribution in [0.15, 0.2) is 12.1 Å². The summed E-state index contributed by atoms with van der Waals surface area (Å²) in [7, 11) is 1.45. The standard InChI is InChI=1S/C17H21NO9/c1-11-16(20)12-5-6-14(23-2)17(13(12)9-25-11)26-10-15(19)24-7-3-4-8-27-18(21)22/h5-6,11H,3-4,7-10H2,1-2H3. The molecular weight excluding hydrogens is 362 g/mol. The van der Waals surface area contributed by atoms with Crippen LogP contribution in [0.5, 0.6) is 11.5 Å². The van der Waals surface area contributed by atoms with Crippen LogP contribution in [0, 0.1) is 10.1 Å². The summed E-state index contributed by atoms with van der Waals surface area (Å²) in [5, 5.41) is 9.12. The van der Waals surface area contributed by atoms with Crippen molar-refractivity contribution in [2.75, 3.05) is 26.9 Å². The van der Waals surface area contributed by atoms with E-state index >= 15 is 0 Å². The lowest BCUT2D eigenvalue weighted by Gasteiger charge is -2.24. The average Bonchev–Trinajstić information content (AvgIpc) is 2.65. The second-order valence-corrected chi connectivity index (χ2v) is 5.71. The molecule has 0 saturated carbocycles. The first kappa shape index (κ1) is 20.4. The Morgan fingerprint density at radius 3 is 2.78 bits per heavy atom. The second kappa shape index (κ2) is 9.72. The number of ether oxygens (including phenoxy) is 4. The van der Waals surface area contributed by atoms with Crippen molar-refractivity contribution in [2.24, 2.45) is 0 Å². The third kappa shape index (κ3) is 5.55. The van der Waals surface area contributed by atoms with E-state index in [9.17, 15) is 19.7 Å². The Morgan fingerprint density at radius 1 is 1.33 bits per heavy atom. The Labute approximate surface area is 155 Å². The van der Waals surface area contributed by atoms with Crippen LogP contribution in [-0.4, -0.2) is 49.9 Å². The number of esters is 1. The van der Waals surface area contributed by atoms with Crippen LogP contribution in [0.3, 0.4) is 0 Å². The summed E-state index contributed by atoms with van der Waals surface area (Å²) in [4.78, 5) is 38.2. The molecule has 0 bridgehead atoms. The first-order chi connectivity index (χ1) is 12.9. The number of nitrogens with zero attached hydrogens (tertiary/aromatic N) is 1. The van der Waals surface area contributed by atoms with Crippen molar-refractivity contribution < 1.29 is 38.5 Å². The van der Waals surface area contributed by atoms with E-state index in [0.717, 1.165) is 0 Å². The number of hydrogen-bond acceptors (Lipinski definition) is 9. The van der Waals surface area contributed by atoms with E-state index in [0.29, 0.717) is 29.7 Å². The number of benzene rings is 1. The quantitative estimate of drug-likeness (QED) is 0.257. The van der Waals surface area contributed by atoms with Gasteiger partial charge in [-0.2, -0.15) is 0 Å². The summed E-state index contributed by atoms with van der Waals surface area (Å²) in [6, 6.07) is 3.25. The van der Waals surface area contributed by atoms with Gasteiger partial charge in [0.25, 0.3) is 5.09 Å². The van der Waals surface area contributed by atoms with Gasteiger partial charge in [-0.3, -0.25) is 4.79 Å². The van der Waals surface area contributed by atoms with Gasteiger partial charge in [0.05, 0.1) is 26.9 Å². The third-order valence-electron chi connectivity index (χ3n) is 3.89. The SMILES string of the molecule is COc1ccc2c(c1OCC(=O)OCCCCO[N+](=O)[O-])COC(C)C2=O. The molecule has 0 saturated heterocycles. The molecule has 1 unspecified atom stereocenters. The highest BCUT2D eigenvalue weighted by Gasteiger charge is 2.29. The summed E-state index contributed by atoms with van der Waals surface area (Å²) in [5.41, 5.74) is 1.01. The highest BCUT2D eigenvalue weighted by Crippen LogP contribution is 2.37.